The van der Waals surface area contributed by atoms with Crippen LogP contribution in [0.4, 0.5) is 0 Å². The summed E-state index contributed by atoms with van der Waals surface area (Å²) in [6, 6.07) is 3.45. The average molecular weight is 322 g/mol. The summed E-state index contributed by atoms with van der Waals surface area (Å²) in [6.45, 7) is 9.76. The van der Waals surface area contributed by atoms with Gasteiger partial charge in [-0.3, -0.25) is 0 Å². The number of hydrogen-bond acceptors (Lipinski definition) is 4. The summed E-state index contributed by atoms with van der Waals surface area (Å²) < 4.78 is 32.8. The highest BCUT2D eigenvalue weighted by atomic mass is 32.2. The van der Waals surface area contributed by atoms with Gasteiger partial charge in [0.15, 0.2) is 0 Å². The third-order valence-electron chi connectivity index (χ3n) is 3.49. The van der Waals surface area contributed by atoms with E-state index in [9.17, 15) is 8.42 Å². The standard InChI is InChI=1S/C16H22N2O3S/c1-6-16-17-13(5)10-18(16)22(19,20)15-9-14(21-7-2)11(3)8-12(15)4/h8-10H,6-7H2,1-5H3. The Morgan fingerprint density at radius 3 is 2.41 bits per heavy atom. The fraction of sp³-hybridized carbons (Fsp3) is 0.438. The first kappa shape index (κ1) is 16.5. The largest absolute Gasteiger partial charge is 0.494 e. The van der Waals surface area contributed by atoms with Crippen molar-refractivity contribution in [2.24, 2.45) is 0 Å². The van der Waals surface area contributed by atoms with E-state index >= 15 is 0 Å². The van der Waals surface area contributed by atoms with Gasteiger partial charge in [-0.25, -0.2) is 17.4 Å². The van der Waals surface area contributed by atoms with Crippen molar-refractivity contribution in [2.75, 3.05) is 6.61 Å². The zero-order chi connectivity index (χ0) is 16.5. The van der Waals surface area contributed by atoms with Gasteiger partial charge < -0.3 is 4.74 Å². The monoisotopic (exact) mass is 322 g/mol. The molecule has 5 nitrogen and oxygen atoms in total. The first-order valence-electron chi connectivity index (χ1n) is 7.35. The smallest absolute Gasteiger partial charge is 0.269 e. The van der Waals surface area contributed by atoms with Crippen LogP contribution >= 0.6 is 0 Å². The van der Waals surface area contributed by atoms with Crippen LogP contribution in [0.5, 0.6) is 5.75 Å². The highest BCUT2D eigenvalue weighted by Crippen LogP contribution is 2.28. The molecule has 2 aromatic rings. The minimum Gasteiger partial charge on any atom is -0.494 e. The van der Waals surface area contributed by atoms with Crippen LogP contribution in [0.3, 0.4) is 0 Å². The van der Waals surface area contributed by atoms with Crippen molar-refractivity contribution in [1.82, 2.24) is 8.96 Å². The summed E-state index contributed by atoms with van der Waals surface area (Å²) in [6.07, 6.45) is 2.12. The summed E-state index contributed by atoms with van der Waals surface area (Å²) >= 11 is 0. The lowest BCUT2D eigenvalue weighted by molar-refractivity contribution is 0.337. The van der Waals surface area contributed by atoms with E-state index in [1.54, 1.807) is 26.1 Å². The van der Waals surface area contributed by atoms with Gasteiger partial charge in [-0.05, 0) is 38.8 Å². The number of imidazole rings is 1. The fourth-order valence-corrected chi connectivity index (χ4v) is 4.15. The lowest BCUT2D eigenvalue weighted by atomic mass is 10.1. The van der Waals surface area contributed by atoms with E-state index in [1.807, 2.05) is 26.8 Å². The minimum atomic E-state index is -3.67. The predicted molar refractivity (Wildman–Crippen MR) is 86.0 cm³/mol. The van der Waals surface area contributed by atoms with E-state index < -0.39 is 10.0 Å². The second-order valence-electron chi connectivity index (χ2n) is 5.27. The van der Waals surface area contributed by atoms with Crippen molar-refractivity contribution in [3.05, 3.63) is 41.0 Å². The summed E-state index contributed by atoms with van der Waals surface area (Å²) in [5.74, 6) is 1.14. The summed E-state index contributed by atoms with van der Waals surface area (Å²) in [7, 11) is -3.67. The Hall–Kier alpha value is -1.82. The van der Waals surface area contributed by atoms with Gasteiger partial charge in [0.25, 0.3) is 10.0 Å². The van der Waals surface area contributed by atoms with Crippen molar-refractivity contribution in [3.63, 3.8) is 0 Å². The summed E-state index contributed by atoms with van der Waals surface area (Å²) in [4.78, 5) is 4.54. The Kier molecular flexibility index (Phi) is 4.60. The maximum atomic E-state index is 13.0. The van der Waals surface area contributed by atoms with Crippen LogP contribution in [0.1, 0.15) is 36.5 Å². The number of nitrogens with zero attached hydrogens (tertiary/aromatic N) is 2. The molecule has 120 valence electrons. The molecule has 0 amide bonds. The number of ether oxygens (including phenoxy) is 1. The Labute approximate surface area is 132 Å². The maximum Gasteiger partial charge on any atom is 0.269 e. The van der Waals surface area contributed by atoms with Crippen molar-refractivity contribution in [1.29, 1.82) is 0 Å². The zero-order valence-corrected chi connectivity index (χ0v) is 14.5. The predicted octanol–water partition coefficient (Wildman–Crippen LogP) is 3.01. The molecule has 1 aromatic carbocycles. The van der Waals surface area contributed by atoms with E-state index in [1.165, 1.54) is 3.97 Å². The van der Waals surface area contributed by atoms with Crippen molar-refractivity contribution < 1.29 is 13.2 Å². The molecule has 0 unspecified atom stereocenters. The Balaban J connectivity index is 2.65. The molecule has 0 saturated carbocycles. The molecule has 6 heteroatoms. The molecule has 0 aliphatic heterocycles. The molecule has 0 spiro atoms. The van der Waals surface area contributed by atoms with Crippen molar-refractivity contribution >= 4 is 10.0 Å². The van der Waals surface area contributed by atoms with Gasteiger partial charge >= 0.3 is 0 Å². The normalized spacial score (nSPS) is 11.7. The van der Waals surface area contributed by atoms with E-state index in [-0.39, 0.29) is 4.90 Å². The van der Waals surface area contributed by atoms with Gasteiger partial charge in [-0.1, -0.05) is 13.0 Å². The molecule has 0 aliphatic rings. The lowest BCUT2D eigenvalue weighted by Crippen LogP contribution is -2.16. The summed E-state index contributed by atoms with van der Waals surface area (Å²) in [5.41, 5.74) is 2.32. The van der Waals surface area contributed by atoms with Gasteiger partial charge in [0.05, 0.1) is 17.2 Å². The molecule has 0 bridgehead atoms. The van der Waals surface area contributed by atoms with Gasteiger partial charge in [0.1, 0.15) is 11.6 Å². The maximum absolute atomic E-state index is 13.0. The first-order valence-corrected chi connectivity index (χ1v) is 8.79. The number of rotatable bonds is 5. The van der Waals surface area contributed by atoms with E-state index in [4.69, 9.17) is 4.74 Å². The number of hydrogen-bond donors (Lipinski definition) is 0. The molecule has 2 rings (SSSR count). The molecule has 22 heavy (non-hydrogen) atoms. The van der Waals surface area contributed by atoms with Crippen LogP contribution < -0.4 is 4.74 Å². The lowest BCUT2D eigenvalue weighted by Gasteiger charge is -2.14. The zero-order valence-electron chi connectivity index (χ0n) is 13.7. The van der Waals surface area contributed by atoms with Crippen LogP contribution in [-0.2, 0) is 16.4 Å². The highest BCUT2D eigenvalue weighted by molar-refractivity contribution is 7.90. The minimum absolute atomic E-state index is 0.258. The van der Waals surface area contributed by atoms with Gasteiger partial charge in [-0.2, -0.15) is 0 Å². The van der Waals surface area contributed by atoms with Gasteiger partial charge in [-0.15, -0.1) is 0 Å². The quantitative estimate of drug-likeness (QED) is 0.849. The van der Waals surface area contributed by atoms with Crippen molar-refractivity contribution in [3.8, 4) is 5.75 Å². The highest BCUT2D eigenvalue weighted by Gasteiger charge is 2.24. The number of aromatic nitrogens is 2. The number of aryl methyl sites for hydroxylation is 4. The molecule has 1 heterocycles. The Morgan fingerprint density at radius 2 is 1.82 bits per heavy atom. The van der Waals surface area contributed by atoms with E-state index in [2.05, 4.69) is 4.98 Å². The molecule has 0 atom stereocenters. The number of benzene rings is 1. The molecule has 1 aromatic heterocycles. The van der Waals surface area contributed by atoms with E-state index in [0.717, 1.165) is 5.56 Å². The fourth-order valence-electron chi connectivity index (χ4n) is 2.48. The molecule has 0 radical (unpaired) electrons. The van der Waals surface area contributed by atoms with E-state index in [0.29, 0.717) is 35.9 Å². The first-order chi connectivity index (χ1) is 10.3. The van der Waals surface area contributed by atoms with Gasteiger partial charge in [0, 0.05) is 18.7 Å². The molecular formula is C16H22N2O3S. The Morgan fingerprint density at radius 1 is 1.14 bits per heavy atom. The van der Waals surface area contributed by atoms with Crippen LogP contribution in [-0.4, -0.2) is 24.0 Å². The SMILES string of the molecule is CCOc1cc(S(=O)(=O)n2cc(C)nc2CC)c(C)cc1C. The van der Waals surface area contributed by atoms with Crippen LogP contribution in [0.15, 0.2) is 23.2 Å². The molecule has 0 N–H and O–H groups in total. The summed E-state index contributed by atoms with van der Waals surface area (Å²) in [5, 5.41) is 0. The molecule has 0 saturated heterocycles. The Bertz CT molecular complexity index is 792. The van der Waals surface area contributed by atoms with Crippen LogP contribution in [0, 0.1) is 20.8 Å². The van der Waals surface area contributed by atoms with Gasteiger partial charge in [0.2, 0.25) is 0 Å². The van der Waals surface area contributed by atoms with Crippen LogP contribution in [0.25, 0.3) is 0 Å². The third-order valence-corrected chi connectivity index (χ3v) is 5.32. The topological polar surface area (TPSA) is 61.2 Å². The molecular weight excluding hydrogens is 300 g/mol. The average Bonchev–Trinajstić information content (AvgIpc) is 2.83. The second-order valence-corrected chi connectivity index (χ2v) is 7.05. The second kappa shape index (κ2) is 6.12. The molecule has 0 fully saturated rings. The molecule has 0 aliphatic carbocycles. The third kappa shape index (κ3) is 2.88. The van der Waals surface area contributed by atoms with Crippen molar-refractivity contribution in [2.45, 2.75) is 45.9 Å². The van der Waals surface area contributed by atoms with Crippen LogP contribution in [0.2, 0.25) is 0 Å².